The fraction of sp³-hybridized carbons (Fsp3) is 0.100. The summed E-state index contributed by atoms with van der Waals surface area (Å²) >= 11 is 5.00. The van der Waals surface area contributed by atoms with E-state index in [0.717, 1.165) is 44.7 Å². The van der Waals surface area contributed by atoms with Gasteiger partial charge in [-0.15, -0.1) is 47.5 Å². The molecule has 0 aliphatic heterocycles. The SMILES string of the molecule is Cc1cc2nccc(Sc3cnc(Nc4nc(CCc5ccccc5)cs4)c(Oc4ccccc4)c3)c2s1.Cl.Cl. The summed E-state index contributed by atoms with van der Waals surface area (Å²) in [5.74, 6) is 2.03. The lowest BCUT2D eigenvalue weighted by Gasteiger charge is -2.12. The molecule has 5 nitrogen and oxygen atoms in total. The quantitative estimate of drug-likeness (QED) is 0.173. The molecule has 0 saturated carbocycles. The second-order valence-electron chi connectivity index (χ2n) is 8.67. The van der Waals surface area contributed by atoms with Crippen LogP contribution in [-0.2, 0) is 12.8 Å². The Balaban J connectivity index is 0.00000185. The molecule has 6 aromatic rings. The predicted molar refractivity (Wildman–Crippen MR) is 173 cm³/mol. The van der Waals surface area contributed by atoms with Gasteiger partial charge in [-0.3, -0.25) is 4.98 Å². The molecule has 4 aromatic heterocycles. The van der Waals surface area contributed by atoms with Gasteiger partial charge < -0.3 is 10.1 Å². The van der Waals surface area contributed by atoms with Crippen LogP contribution in [0.5, 0.6) is 11.5 Å². The van der Waals surface area contributed by atoms with Gasteiger partial charge in [0, 0.05) is 38.5 Å². The van der Waals surface area contributed by atoms with Crippen LogP contribution in [-0.4, -0.2) is 15.0 Å². The minimum atomic E-state index is 0. The molecule has 2 aromatic carbocycles. The number of hydrogen-bond donors (Lipinski definition) is 1. The predicted octanol–water partition coefficient (Wildman–Crippen LogP) is 9.77. The number of ether oxygens (including phenoxy) is 1. The first-order chi connectivity index (χ1) is 18.7. The van der Waals surface area contributed by atoms with Gasteiger partial charge in [-0.2, -0.15) is 0 Å². The first-order valence-electron chi connectivity index (χ1n) is 12.2. The van der Waals surface area contributed by atoms with Crippen LogP contribution in [0.3, 0.4) is 0 Å². The number of pyridine rings is 2. The van der Waals surface area contributed by atoms with Gasteiger partial charge in [0.25, 0.3) is 0 Å². The maximum Gasteiger partial charge on any atom is 0.188 e. The van der Waals surface area contributed by atoms with E-state index >= 15 is 0 Å². The van der Waals surface area contributed by atoms with Crippen LogP contribution in [0.2, 0.25) is 0 Å². The molecule has 40 heavy (non-hydrogen) atoms. The van der Waals surface area contributed by atoms with Crippen molar-refractivity contribution in [1.82, 2.24) is 15.0 Å². The van der Waals surface area contributed by atoms with E-state index in [2.05, 4.69) is 59.0 Å². The van der Waals surface area contributed by atoms with Crippen molar-refractivity contribution in [2.75, 3.05) is 5.32 Å². The number of halogens is 2. The first kappa shape index (κ1) is 29.8. The maximum atomic E-state index is 6.29. The molecular weight excluding hydrogens is 599 g/mol. The lowest BCUT2D eigenvalue weighted by Crippen LogP contribution is -1.98. The number of aromatic nitrogens is 3. The van der Waals surface area contributed by atoms with Crippen molar-refractivity contribution < 1.29 is 4.74 Å². The summed E-state index contributed by atoms with van der Waals surface area (Å²) in [6.07, 6.45) is 5.59. The molecule has 0 aliphatic rings. The molecule has 0 unspecified atom stereocenters. The Morgan fingerprint density at radius 1 is 0.900 bits per heavy atom. The number of thiazole rings is 1. The van der Waals surface area contributed by atoms with E-state index in [-0.39, 0.29) is 24.8 Å². The van der Waals surface area contributed by atoms with Crippen LogP contribution in [0.4, 0.5) is 10.9 Å². The summed E-state index contributed by atoms with van der Waals surface area (Å²) in [5, 5.41) is 6.29. The van der Waals surface area contributed by atoms with Gasteiger partial charge in [0.05, 0.1) is 15.9 Å². The summed E-state index contributed by atoms with van der Waals surface area (Å²) in [5.41, 5.74) is 3.40. The number of hydrogen-bond acceptors (Lipinski definition) is 8. The number of rotatable bonds is 9. The third-order valence-corrected chi connectivity index (χ3v) is 8.84. The average Bonchev–Trinajstić information content (AvgIpc) is 3.56. The number of anilines is 2. The molecule has 0 atom stereocenters. The molecular formula is C30H26Cl2N4OS3. The molecule has 0 bridgehead atoms. The van der Waals surface area contributed by atoms with Crippen molar-refractivity contribution in [3.05, 3.63) is 113 Å². The third kappa shape index (κ3) is 7.33. The van der Waals surface area contributed by atoms with Gasteiger partial charge in [0.2, 0.25) is 0 Å². The Kier molecular flexibility index (Phi) is 10.4. The third-order valence-electron chi connectivity index (χ3n) is 5.82. The van der Waals surface area contributed by atoms with Crippen LogP contribution in [0.25, 0.3) is 10.2 Å². The highest BCUT2D eigenvalue weighted by Crippen LogP contribution is 2.40. The molecule has 1 N–H and O–H groups in total. The zero-order chi connectivity index (χ0) is 25.7. The Morgan fingerprint density at radius 3 is 2.48 bits per heavy atom. The topological polar surface area (TPSA) is 59.9 Å². The number of nitrogens with zero attached hydrogens (tertiary/aromatic N) is 3. The highest BCUT2D eigenvalue weighted by Gasteiger charge is 2.14. The number of nitrogens with one attached hydrogen (secondary N) is 1. The number of thiophene rings is 1. The van der Waals surface area contributed by atoms with Crippen LogP contribution >= 0.6 is 59.2 Å². The zero-order valence-corrected chi connectivity index (χ0v) is 25.5. The van der Waals surface area contributed by atoms with Gasteiger partial charge in [0.1, 0.15) is 5.75 Å². The van der Waals surface area contributed by atoms with Crippen molar-refractivity contribution in [3.63, 3.8) is 0 Å². The minimum Gasteiger partial charge on any atom is -0.453 e. The number of benzene rings is 2. The molecule has 0 fully saturated rings. The summed E-state index contributed by atoms with van der Waals surface area (Å²) in [4.78, 5) is 17.5. The van der Waals surface area contributed by atoms with Gasteiger partial charge >= 0.3 is 0 Å². The van der Waals surface area contributed by atoms with E-state index in [4.69, 9.17) is 14.7 Å². The Labute approximate surface area is 257 Å². The number of para-hydroxylation sites is 1. The molecule has 4 heterocycles. The molecule has 0 saturated heterocycles. The van der Waals surface area contributed by atoms with E-state index in [9.17, 15) is 0 Å². The lowest BCUT2D eigenvalue weighted by molar-refractivity contribution is 0.481. The van der Waals surface area contributed by atoms with E-state index in [0.29, 0.717) is 11.6 Å². The van der Waals surface area contributed by atoms with Crippen LogP contribution < -0.4 is 10.1 Å². The second kappa shape index (κ2) is 14.0. The highest BCUT2D eigenvalue weighted by atomic mass is 35.5. The normalized spacial score (nSPS) is 10.5. The largest absolute Gasteiger partial charge is 0.453 e. The zero-order valence-electron chi connectivity index (χ0n) is 21.4. The summed E-state index contributed by atoms with van der Waals surface area (Å²) in [6, 6.07) is 26.5. The fourth-order valence-corrected chi connectivity index (χ4v) is 6.73. The minimum absolute atomic E-state index is 0. The van der Waals surface area contributed by atoms with E-state index in [1.54, 1.807) is 34.4 Å². The van der Waals surface area contributed by atoms with Crippen molar-refractivity contribution in [2.45, 2.75) is 29.6 Å². The Bertz CT molecular complexity index is 1680. The average molecular weight is 626 g/mol. The van der Waals surface area contributed by atoms with Crippen LogP contribution in [0.1, 0.15) is 16.1 Å². The maximum absolute atomic E-state index is 6.29. The molecule has 10 heteroatoms. The molecule has 0 aliphatic carbocycles. The second-order valence-corrected chi connectivity index (χ2v) is 11.9. The van der Waals surface area contributed by atoms with Crippen molar-refractivity contribution in [3.8, 4) is 11.5 Å². The lowest BCUT2D eigenvalue weighted by atomic mass is 10.1. The molecule has 204 valence electrons. The van der Waals surface area contributed by atoms with Gasteiger partial charge in [-0.1, -0.05) is 60.3 Å². The molecule has 6 rings (SSSR count). The monoisotopic (exact) mass is 624 g/mol. The standard InChI is InChI=1S/C30H24N4OS3.2ClH/c1-20-16-25-28(37-20)27(14-15-31-25)38-24-17-26(35-23-10-6-3-7-11-23)29(32-18-24)34-30-33-22(19-36-30)13-12-21-8-4-2-5-9-21;;/h2-11,14-19H,12-13H2,1H3,(H,32,33,34);2*1H. The smallest absolute Gasteiger partial charge is 0.188 e. The van der Waals surface area contributed by atoms with Crippen molar-refractivity contribution >= 4 is 80.4 Å². The Morgan fingerprint density at radius 2 is 1.68 bits per heavy atom. The van der Waals surface area contributed by atoms with E-state index in [1.165, 1.54) is 15.1 Å². The van der Waals surface area contributed by atoms with Gasteiger partial charge in [-0.05, 0) is 49.6 Å². The summed E-state index contributed by atoms with van der Waals surface area (Å²) < 4.78 is 7.48. The summed E-state index contributed by atoms with van der Waals surface area (Å²) in [6.45, 7) is 2.11. The highest BCUT2D eigenvalue weighted by molar-refractivity contribution is 7.99. The van der Waals surface area contributed by atoms with E-state index < -0.39 is 0 Å². The first-order valence-corrected chi connectivity index (χ1v) is 14.7. The molecule has 0 spiro atoms. The van der Waals surface area contributed by atoms with Crippen molar-refractivity contribution in [1.29, 1.82) is 0 Å². The number of fused-ring (bicyclic) bond motifs is 1. The Hall–Kier alpha value is -3.14. The fourth-order valence-electron chi connectivity index (χ4n) is 4.01. The molecule has 0 radical (unpaired) electrons. The summed E-state index contributed by atoms with van der Waals surface area (Å²) in [7, 11) is 0. The van der Waals surface area contributed by atoms with Crippen LogP contribution in [0, 0.1) is 6.92 Å². The number of aryl methyl sites for hydroxylation is 3. The van der Waals surface area contributed by atoms with Gasteiger partial charge in [-0.25, -0.2) is 9.97 Å². The van der Waals surface area contributed by atoms with Crippen LogP contribution in [0.15, 0.2) is 106 Å². The van der Waals surface area contributed by atoms with Gasteiger partial charge in [0.15, 0.2) is 16.7 Å². The van der Waals surface area contributed by atoms with E-state index in [1.807, 2.05) is 54.9 Å². The van der Waals surface area contributed by atoms with Crippen molar-refractivity contribution in [2.24, 2.45) is 0 Å². The molecule has 0 amide bonds.